The lowest BCUT2D eigenvalue weighted by atomic mass is 10.1. The molecular weight excluding hydrogens is 374 g/mol. The van der Waals surface area contributed by atoms with Crippen LogP contribution in [0.1, 0.15) is 41.6 Å². The quantitative estimate of drug-likeness (QED) is 0.781. The highest BCUT2D eigenvalue weighted by molar-refractivity contribution is 7.89. The van der Waals surface area contributed by atoms with E-state index in [1.807, 2.05) is 25.1 Å². The van der Waals surface area contributed by atoms with E-state index in [1.54, 1.807) is 12.1 Å². The minimum Gasteiger partial charge on any atom is -0.371 e. The van der Waals surface area contributed by atoms with Crippen molar-refractivity contribution in [2.24, 2.45) is 0 Å². The summed E-state index contributed by atoms with van der Waals surface area (Å²) in [6.45, 7) is 4.19. The molecule has 1 aliphatic heterocycles. The molecule has 148 valence electrons. The second-order valence-corrected chi connectivity index (χ2v) is 9.29. The van der Waals surface area contributed by atoms with Crippen molar-refractivity contribution >= 4 is 27.3 Å². The summed E-state index contributed by atoms with van der Waals surface area (Å²) in [4.78, 5) is 15.1. The zero-order valence-electron chi connectivity index (χ0n) is 15.9. The summed E-state index contributed by atoms with van der Waals surface area (Å²) >= 11 is 0. The molecule has 2 aromatic rings. The van der Waals surface area contributed by atoms with Gasteiger partial charge < -0.3 is 10.2 Å². The molecular formula is C21H25N3O3S. The smallest absolute Gasteiger partial charge is 0.255 e. The largest absolute Gasteiger partial charge is 0.371 e. The third-order valence-corrected chi connectivity index (χ3v) is 6.73. The summed E-state index contributed by atoms with van der Waals surface area (Å²) in [5.74, 6) is -0.322. The Hall–Kier alpha value is -2.38. The SMILES string of the molecule is Cc1cc(NC(=O)c2cccc(S(=O)(=O)NC3CC3)c2)ccc1N1CCCC1. The summed E-state index contributed by atoms with van der Waals surface area (Å²) < 4.78 is 27.4. The number of anilines is 2. The van der Waals surface area contributed by atoms with E-state index in [9.17, 15) is 13.2 Å². The normalized spacial score (nSPS) is 17.0. The topological polar surface area (TPSA) is 78.5 Å². The summed E-state index contributed by atoms with van der Waals surface area (Å²) in [6, 6.07) is 12.1. The summed E-state index contributed by atoms with van der Waals surface area (Å²) in [6.07, 6.45) is 4.16. The first-order valence-corrected chi connectivity index (χ1v) is 11.2. The molecule has 0 radical (unpaired) electrons. The summed E-state index contributed by atoms with van der Waals surface area (Å²) in [5, 5.41) is 2.88. The Balaban J connectivity index is 1.49. The van der Waals surface area contributed by atoms with Gasteiger partial charge >= 0.3 is 0 Å². The zero-order chi connectivity index (χ0) is 19.7. The van der Waals surface area contributed by atoms with Crippen LogP contribution >= 0.6 is 0 Å². The van der Waals surface area contributed by atoms with E-state index in [0.717, 1.165) is 31.5 Å². The third-order valence-electron chi connectivity index (χ3n) is 5.21. The molecule has 2 fully saturated rings. The molecule has 28 heavy (non-hydrogen) atoms. The molecule has 0 unspecified atom stereocenters. The molecule has 2 aromatic carbocycles. The Kier molecular flexibility index (Phi) is 5.12. The minimum atomic E-state index is -3.58. The van der Waals surface area contributed by atoms with Crippen LogP contribution in [0.5, 0.6) is 0 Å². The van der Waals surface area contributed by atoms with Crippen molar-refractivity contribution in [3.05, 3.63) is 53.6 Å². The number of nitrogens with one attached hydrogen (secondary N) is 2. The molecule has 1 amide bonds. The van der Waals surface area contributed by atoms with Crippen LogP contribution in [0, 0.1) is 6.92 Å². The highest BCUT2D eigenvalue weighted by Gasteiger charge is 2.28. The highest BCUT2D eigenvalue weighted by atomic mass is 32.2. The van der Waals surface area contributed by atoms with E-state index >= 15 is 0 Å². The Morgan fingerprint density at radius 1 is 1.07 bits per heavy atom. The van der Waals surface area contributed by atoms with Gasteiger partial charge in [0.2, 0.25) is 10.0 Å². The number of nitrogens with zero attached hydrogens (tertiary/aromatic N) is 1. The fourth-order valence-corrected chi connectivity index (χ4v) is 4.89. The average Bonchev–Trinajstić information content (AvgIpc) is 3.30. The monoisotopic (exact) mass is 399 g/mol. The standard InChI is InChI=1S/C21H25N3O3S/c1-15-13-18(9-10-20(15)24-11-2-3-12-24)22-21(25)16-5-4-6-19(14-16)28(26,27)23-17-7-8-17/h4-6,9-10,13-14,17,23H,2-3,7-8,11-12H2,1H3,(H,22,25). The minimum absolute atomic E-state index is 0.0274. The van der Waals surface area contributed by atoms with Gasteiger partial charge in [0.25, 0.3) is 5.91 Å². The number of carbonyl (C=O) groups is 1. The van der Waals surface area contributed by atoms with Crippen LogP contribution in [0.3, 0.4) is 0 Å². The lowest BCUT2D eigenvalue weighted by Gasteiger charge is -2.20. The second-order valence-electron chi connectivity index (χ2n) is 7.57. The van der Waals surface area contributed by atoms with Crippen LogP contribution in [-0.4, -0.2) is 33.5 Å². The van der Waals surface area contributed by atoms with Gasteiger partial charge in [-0.05, 0) is 74.6 Å². The first-order valence-electron chi connectivity index (χ1n) is 9.72. The van der Waals surface area contributed by atoms with Crippen molar-refractivity contribution in [3.63, 3.8) is 0 Å². The molecule has 4 rings (SSSR count). The van der Waals surface area contributed by atoms with Crippen molar-refractivity contribution in [3.8, 4) is 0 Å². The second kappa shape index (κ2) is 7.56. The molecule has 1 aliphatic carbocycles. The number of amides is 1. The number of carbonyl (C=O) groups excluding carboxylic acids is 1. The number of rotatable bonds is 6. The molecule has 0 bridgehead atoms. The molecule has 2 aliphatic rings. The van der Waals surface area contributed by atoms with Crippen LogP contribution in [0.2, 0.25) is 0 Å². The van der Waals surface area contributed by atoms with Gasteiger partial charge in [-0.15, -0.1) is 0 Å². The fraction of sp³-hybridized carbons (Fsp3) is 0.381. The Bertz CT molecular complexity index is 994. The van der Waals surface area contributed by atoms with Gasteiger partial charge in [0, 0.05) is 36.1 Å². The van der Waals surface area contributed by atoms with Crippen LogP contribution in [0.4, 0.5) is 11.4 Å². The molecule has 7 heteroatoms. The maximum atomic E-state index is 12.6. The molecule has 0 atom stereocenters. The fourth-order valence-electron chi connectivity index (χ4n) is 3.54. The number of hydrogen-bond acceptors (Lipinski definition) is 4. The van der Waals surface area contributed by atoms with Crippen molar-refractivity contribution in [2.75, 3.05) is 23.3 Å². The lowest BCUT2D eigenvalue weighted by Crippen LogP contribution is -2.26. The highest BCUT2D eigenvalue weighted by Crippen LogP contribution is 2.27. The van der Waals surface area contributed by atoms with Gasteiger partial charge in [-0.2, -0.15) is 0 Å². The van der Waals surface area contributed by atoms with Gasteiger partial charge in [-0.25, -0.2) is 13.1 Å². The maximum absolute atomic E-state index is 12.6. The third kappa shape index (κ3) is 4.20. The van der Waals surface area contributed by atoms with E-state index in [4.69, 9.17) is 0 Å². The summed E-state index contributed by atoms with van der Waals surface area (Å²) in [7, 11) is -3.58. The molecule has 0 spiro atoms. The van der Waals surface area contributed by atoms with E-state index in [-0.39, 0.29) is 16.8 Å². The van der Waals surface area contributed by atoms with E-state index in [1.165, 1.54) is 30.7 Å². The van der Waals surface area contributed by atoms with Crippen LogP contribution in [0.25, 0.3) is 0 Å². The van der Waals surface area contributed by atoms with Gasteiger partial charge in [0.1, 0.15) is 0 Å². The van der Waals surface area contributed by atoms with Crippen LogP contribution in [-0.2, 0) is 10.0 Å². The van der Waals surface area contributed by atoms with E-state index in [0.29, 0.717) is 11.3 Å². The molecule has 2 N–H and O–H groups in total. The van der Waals surface area contributed by atoms with Crippen molar-refractivity contribution in [1.82, 2.24) is 4.72 Å². The van der Waals surface area contributed by atoms with Gasteiger partial charge in [-0.3, -0.25) is 4.79 Å². The number of aryl methyl sites for hydroxylation is 1. The van der Waals surface area contributed by atoms with Crippen LogP contribution < -0.4 is 14.9 Å². The molecule has 1 saturated heterocycles. The van der Waals surface area contributed by atoms with Crippen molar-refractivity contribution in [2.45, 2.75) is 43.5 Å². The zero-order valence-corrected chi connectivity index (χ0v) is 16.8. The molecule has 6 nitrogen and oxygen atoms in total. The molecule has 0 aromatic heterocycles. The predicted octanol–water partition coefficient (Wildman–Crippen LogP) is 3.29. The molecule has 1 saturated carbocycles. The van der Waals surface area contributed by atoms with Gasteiger partial charge in [0.05, 0.1) is 4.90 Å². The predicted molar refractivity (Wildman–Crippen MR) is 110 cm³/mol. The Morgan fingerprint density at radius 2 is 1.82 bits per heavy atom. The number of hydrogen-bond donors (Lipinski definition) is 2. The first-order chi connectivity index (χ1) is 13.4. The maximum Gasteiger partial charge on any atom is 0.255 e. The van der Waals surface area contributed by atoms with Gasteiger partial charge in [-0.1, -0.05) is 6.07 Å². The van der Waals surface area contributed by atoms with E-state index in [2.05, 4.69) is 14.9 Å². The van der Waals surface area contributed by atoms with E-state index < -0.39 is 10.0 Å². The van der Waals surface area contributed by atoms with Gasteiger partial charge in [0.15, 0.2) is 0 Å². The Labute approximate surface area is 166 Å². The first kappa shape index (κ1) is 19.0. The summed E-state index contributed by atoms with van der Waals surface area (Å²) in [5.41, 5.74) is 3.34. The average molecular weight is 400 g/mol. The number of sulfonamides is 1. The van der Waals surface area contributed by atoms with Crippen molar-refractivity contribution in [1.29, 1.82) is 0 Å². The van der Waals surface area contributed by atoms with Crippen molar-refractivity contribution < 1.29 is 13.2 Å². The molecule has 1 heterocycles. The lowest BCUT2D eigenvalue weighted by molar-refractivity contribution is 0.102. The number of benzene rings is 2. The van der Waals surface area contributed by atoms with Crippen LogP contribution in [0.15, 0.2) is 47.4 Å². The Morgan fingerprint density at radius 3 is 2.50 bits per heavy atom.